The summed E-state index contributed by atoms with van der Waals surface area (Å²) >= 11 is 2.58. The molecule has 10 heteroatoms. The average Bonchev–Trinajstić information content (AvgIpc) is 3.28. The number of thioether (sulfide) groups is 1. The summed E-state index contributed by atoms with van der Waals surface area (Å²) in [7, 11) is 3.18. The molecule has 1 fully saturated rings. The molecule has 4 rings (SSSR count). The van der Waals surface area contributed by atoms with Crippen LogP contribution in [-0.4, -0.2) is 41.1 Å². The number of carbonyl (C=O) groups excluding carboxylic acids is 1. The maximum atomic E-state index is 12.2. The molecule has 1 saturated carbocycles. The lowest BCUT2D eigenvalue weighted by Gasteiger charge is -2.08. The van der Waals surface area contributed by atoms with E-state index in [2.05, 4.69) is 20.5 Å². The summed E-state index contributed by atoms with van der Waals surface area (Å²) in [6, 6.07) is 5.57. The van der Waals surface area contributed by atoms with E-state index in [-0.39, 0.29) is 11.7 Å². The first-order valence-corrected chi connectivity index (χ1v) is 10.5. The van der Waals surface area contributed by atoms with E-state index in [0.717, 1.165) is 24.1 Å². The highest BCUT2D eigenvalue weighted by molar-refractivity contribution is 7.99. The molecule has 2 heterocycles. The van der Waals surface area contributed by atoms with Crippen LogP contribution in [0.3, 0.4) is 0 Å². The second kappa shape index (κ2) is 8.19. The van der Waals surface area contributed by atoms with Crippen molar-refractivity contribution in [3.05, 3.63) is 29.5 Å². The van der Waals surface area contributed by atoms with Crippen molar-refractivity contribution in [2.75, 3.05) is 25.3 Å². The van der Waals surface area contributed by atoms with Gasteiger partial charge in [-0.3, -0.25) is 4.79 Å². The minimum absolute atomic E-state index is 0.176. The van der Waals surface area contributed by atoms with Crippen LogP contribution >= 0.6 is 23.1 Å². The van der Waals surface area contributed by atoms with E-state index in [1.54, 1.807) is 14.2 Å². The van der Waals surface area contributed by atoms with Crippen molar-refractivity contribution in [3.8, 4) is 22.8 Å². The summed E-state index contributed by atoms with van der Waals surface area (Å²) in [6.45, 7) is 0. The predicted octanol–water partition coefficient (Wildman–Crippen LogP) is 3.82. The van der Waals surface area contributed by atoms with Gasteiger partial charge in [0.05, 0.1) is 25.7 Å². The van der Waals surface area contributed by atoms with Crippen molar-refractivity contribution >= 4 is 34.1 Å². The van der Waals surface area contributed by atoms with Crippen molar-refractivity contribution in [2.24, 2.45) is 0 Å². The molecule has 1 aromatic carbocycles. The Hall–Kier alpha value is -2.59. The van der Waals surface area contributed by atoms with Gasteiger partial charge in [-0.05, 0) is 31.0 Å². The number of rotatable bonds is 8. The number of hydrogen-bond donors (Lipinski definition) is 1. The van der Waals surface area contributed by atoms with E-state index in [0.29, 0.717) is 33.7 Å². The molecule has 1 N–H and O–H groups in total. The number of ether oxygens (including phenoxy) is 2. The largest absolute Gasteiger partial charge is 0.493 e. The van der Waals surface area contributed by atoms with Crippen LogP contribution in [0, 0.1) is 0 Å². The minimum Gasteiger partial charge on any atom is -0.493 e. The number of benzene rings is 1. The highest BCUT2D eigenvalue weighted by Crippen LogP contribution is 2.39. The van der Waals surface area contributed by atoms with Crippen molar-refractivity contribution in [2.45, 2.75) is 24.0 Å². The van der Waals surface area contributed by atoms with Crippen molar-refractivity contribution in [1.29, 1.82) is 0 Å². The molecule has 0 unspecified atom stereocenters. The van der Waals surface area contributed by atoms with Gasteiger partial charge in [-0.15, -0.1) is 21.5 Å². The first kappa shape index (κ1) is 18.8. The van der Waals surface area contributed by atoms with Gasteiger partial charge in [-0.25, -0.2) is 4.98 Å². The molecule has 0 radical (unpaired) electrons. The Morgan fingerprint density at radius 2 is 2.11 bits per heavy atom. The van der Waals surface area contributed by atoms with Gasteiger partial charge in [-0.1, -0.05) is 11.8 Å². The maximum absolute atomic E-state index is 12.2. The fraction of sp³-hybridized carbons (Fsp3) is 0.333. The number of nitrogens with zero attached hydrogens (tertiary/aromatic N) is 3. The summed E-state index contributed by atoms with van der Waals surface area (Å²) in [5.41, 5.74) is 1.63. The van der Waals surface area contributed by atoms with Gasteiger partial charge >= 0.3 is 0 Å². The average molecular weight is 419 g/mol. The third-order valence-electron chi connectivity index (χ3n) is 4.11. The molecule has 3 aromatic rings. The SMILES string of the molecule is COc1ccc(-c2csc(NC(=O)CSc3nnc(C4CC4)o3)n2)cc1OC. The number of methoxy groups -OCH3 is 2. The van der Waals surface area contributed by atoms with Crippen molar-refractivity contribution in [3.63, 3.8) is 0 Å². The van der Waals surface area contributed by atoms with E-state index in [9.17, 15) is 4.79 Å². The summed E-state index contributed by atoms with van der Waals surface area (Å²) in [4.78, 5) is 16.6. The Bertz CT molecular complexity index is 984. The van der Waals surface area contributed by atoms with E-state index >= 15 is 0 Å². The normalized spacial score (nSPS) is 13.4. The monoisotopic (exact) mass is 418 g/mol. The fourth-order valence-corrected chi connectivity index (χ4v) is 3.82. The zero-order valence-electron chi connectivity index (χ0n) is 15.3. The Kier molecular flexibility index (Phi) is 5.49. The van der Waals surface area contributed by atoms with Crippen LogP contribution in [0.5, 0.6) is 11.5 Å². The van der Waals surface area contributed by atoms with Gasteiger partial charge in [0.1, 0.15) is 0 Å². The lowest BCUT2D eigenvalue weighted by Crippen LogP contribution is -2.13. The minimum atomic E-state index is -0.176. The highest BCUT2D eigenvalue weighted by Gasteiger charge is 2.29. The molecular formula is C18H18N4O4S2. The summed E-state index contributed by atoms with van der Waals surface area (Å²) in [6.07, 6.45) is 2.19. The van der Waals surface area contributed by atoms with Gasteiger partial charge in [0, 0.05) is 16.9 Å². The molecule has 0 spiro atoms. The predicted molar refractivity (Wildman–Crippen MR) is 106 cm³/mol. The van der Waals surface area contributed by atoms with Crippen LogP contribution in [0.2, 0.25) is 0 Å². The summed E-state index contributed by atoms with van der Waals surface area (Å²) in [5, 5.41) is 13.6. The Balaban J connectivity index is 1.35. The van der Waals surface area contributed by atoms with Crippen LogP contribution in [0.25, 0.3) is 11.3 Å². The van der Waals surface area contributed by atoms with Gasteiger partial charge in [-0.2, -0.15) is 0 Å². The molecule has 0 atom stereocenters. The molecular weight excluding hydrogens is 400 g/mol. The van der Waals surface area contributed by atoms with Crippen LogP contribution < -0.4 is 14.8 Å². The Labute approximate surface area is 169 Å². The number of thiazole rings is 1. The van der Waals surface area contributed by atoms with Crippen LogP contribution in [0.1, 0.15) is 24.7 Å². The van der Waals surface area contributed by atoms with E-state index in [1.165, 1.54) is 23.1 Å². The Morgan fingerprint density at radius 1 is 1.29 bits per heavy atom. The molecule has 28 heavy (non-hydrogen) atoms. The molecule has 146 valence electrons. The van der Waals surface area contributed by atoms with Crippen LogP contribution in [0.15, 0.2) is 33.2 Å². The van der Waals surface area contributed by atoms with Gasteiger partial charge < -0.3 is 19.2 Å². The molecule has 1 aliphatic carbocycles. The second-order valence-corrected chi connectivity index (χ2v) is 7.91. The highest BCUT2D eigenvalue weighted by atomic mass is 32.2. The lowest BCUT2D eigenvalue weighted by molar-refractivity contribution is -0.113. The quantitative estimate of drug-likeness (QED) is 0.551. The Morgan fingerprint density at radius 3 is 2.86 bits per heavy atom. The van der Waals surface area contributed by atoms with Crippen molar-refractivity contribution in [1.82, 2.24) is 15.2 Å². The van der Waals surface area contributed by atoms with Crippen LogP contribution in [-0.2, 0) is 4.79 Å². The second-order valence-electron chi connectivity index (χ2n) is 6.12. The zero-order valence-corrected chi connectivity index (χ0v) is 16.9. The number of anilines is 1. The summed E-state index contributed by atoms with van der Waals surface area (Å²) in [5.74, 6) is 2.35. The molecule has 8 nitrogen and oxygen atoms in total. The maximum Gasteiger partial charge on any atom is 0.277 e. The standard InChI is InChI=1S/C18H18N4O4S2/c1-24-13-6-5-11(7-14(13)25-2)12-8-27-17(19-12)20-15(23)9-28-18-22-21-16(26-18)10-3-4-10/h5-8,10H,3-4,9H2,1-2H3,(H,19,20,23). The van der Waals surface area contributed by atoms with Crippen LogP contribution in [0.4, 0.5) is 5.13 Å². The number of amides is 1. The molecule has 0 saturated heterocycles. The van der Waals surface area contributed by atoms with E-state index in [4.69, 9.17) is 13.9 Å². The number of carbonyl (C=O) groups is 1. The number of hydrogen-bond acceptors (Lipinski definition) is 9. The topological polar surface area (TPSA) is 99.4 Å². The summed E-state index contributed by atoms with van der Waals surface area (Å²) < 4.78 is 16.1. The molecule has 0 aliphatic heterocycles. The van der Waals surface area contributed by atoms with Gasteiger partial charge in [0.15, 0.2) is 16.6 Å². The zero-order chi connectivity index (χ0) is 19.5. The van der Waals surface area contributed by atoms with Gasteiger partial charge in [0.2, 0.25) is 11.8 Å². The third kappa shape index (κ3) is 4.28. The first-order chi connectivity index (χ1) is 13.7. The van der Waals surface area contributed by atoms with E-state index < -0.39 is 0 Å². The molecule has 1 amide bonds. The number of nitrogens with one attached hydrogen (secondary N) is 1. The number of aromatic nitrogens is 3. The smallest absolute Gasteiger partial charge is 0.277 e. The van der Waals surface area contributed by atoms with Gasteiger partial charge in [0.25, 0.3) is 5.22 Å². The lowest BCUT2D eigenvalue weighted by atomic mass is 10.1. The first-order valence-electron chi connectivity index (χ1n) is 8.60. The third-order valence-corrected chi connectivity index (χ3v) is 5.68. The molecule has 0 bridgehead atoms. The fourth-order valence-electron chi connectivity index (χ4n) is 2.52. The molecule has 2 aromatic heterocycles. The molecule has 1 aliphatic rings. The van der Waals surface area contributed by atoms with Crippen molar-refractivity contribution < 1.29 is 18.7 Å². The van der Waals surface area contributed by atoms with E-state index in [1.807, 2.05) is 23.6 Å².